The molecule has 0 bridgehead atoms. The molecule has 6 aromatic rings. The van der Waals surface area contributed by atoms with Gasteiger partial charge in [0.05, 0.1) is 5.58 Å². The van der Waals surface area contributed by atoms with Crippen LogP contribution >= 0.6 is 0 Å². The first-order valence-corrected chi connectivity index (χ1v) is 17.9. The van der Waals surface area contributed by atoms with Gasteiger partial charge >= 0.3 is 0 Å². The smallest absolute Gasteiger partial charge is 0.120 e. The molecule has 0 spiro atoms. The van der Waals surface area contributed by atoms with Gasteiger partial charge in [0.1, 0.15) is 5.58 Å². The molecule has 1 radical (unpaired) electrons. The van der Waals surface area contributed by atoms with Gasteiger partial charge in [-0.2, -0.15) is 0 Å². The molecule has 3 aromatic carbocycles. The Morgan fingerprint density at radius 1 is 0.881 bits per heavy atom. The van der Waals surface area contributed by atoms with Crippen LogP contribution in [-0.4, -0.2) is 18.0 Å². The molecule has 217 valence electrons. The van der Waals surface area contributed by atoms with Crippen LogP contribution in [0.25, 0.3) is 44.5 Å². The third kappa shape index (κ3) is 6.65. The summed E-state index contributed by atoms with van der Waals surface area (Å²) in [5.74, 6) is 0.508. The summed E-state index contributed by atoms with van der Waals surface area (Å²) in [7, 11) is -1.56. The van der Waals surface area contributed by atoms with Crippen molar-refractivity contribution in [2.75, 3.05) is 0 Å². The molecule has 0 saturated heterocycles. The SMILES string of the molecule is CCC(C)c1cc(-c2[c-]cc([Si](C)(C)C)c3c2oc2ccccc23)ncc1C.Cc1ccc(-c2[c-]cccc2)nc1.[Ir]. The molecule has 0 aliphatic heterocycles. The molecule has 1 atom stereocenters. The van der Waals surface area contributed by atoms with E-state index in [2.05, 4.69) is 93.9 Å². The second-order valence-electron chi connectivity index (χ2n) is 11.9. The zero-order valence-corrected chi connectivity index (χ0v) is 28.9. The van der Waals surface area contributed by atoms with E-state index >= 15 is 0 Å². The molecule has 3 nitrogen and oxygen atoms in total. The first-order chi connectivity index (χ1) is 19.7. The number of hydrogen-bond donors (Lipinski definition) is 0. The van der Waals surface area contributed by atoms with Crippen molar-refractivity contribution < 1.29 is 24.5 Å². The molecule has 0 fully saturated rings. The minimum atomic E-state index is -1.56. The maximum absolute atomic E-state index is 6.38. The van der Waals surface area contributed by atoms with Crippen molar-refractivity contribution in [3.63, 3.8) is 0 Å². The number of para-hydroxylation sites is 1. The molecular weight excluding hydrogens is 709 g/mol. The molecule has 3 heterocycles. The minimum Gasteiger partial charge on any atom is -0.501 e. The van der Waals surface area contributed by atoms with Crippen LogP contribution in [0.1, 0.15) is 42.9 Å². The van der Waals surface area contributed by atoms with Crippen molar-refractivity contribution in [3.05, 3.63) is 114 Å². The van der Waals surface area contributed by atoms with Gasteiger partial charge in [-0.25, -0.2) is 0 Å². The number of aryl methyl sites for hydroxylation is 2. The Labute approximate surface area is 264 Å². The first kappa shape index (κ1) is 31.6. The number of aromatic nitrogens is 2. The van der Waals surface area contributed by atoms with Crippen LogP contribution in [0, 0.1) is 26.0 Å². The Hall–Kier alpha value is -3.37. The number of benzene rings is 3. The number of fused-ring (bicyclic) bond motifs is 3. The standard InChI is InChI=1S/C25H28NOSi.C12H10N.Ir/c1-7-16(2)20-14-21(26-15-17(20)3)18-12-13-23(28(4,5)6)24-19-10-8-9-11-22(19)27-25(18)24;1-10-7-8-12(13-9-10)11-5-3-2-4-6-11;/h8-11,13-16H,7H2,1-6H3;2-5,7-9H,1H3;/q2*-1;. The predicted octanol–water partition coefficient (Wildman–Crippen LogP) is 9.67. The number of pyridine rings is 2. The Balaban J connectivity index is 0.000000243. The number of nitrogens with zero attached hydrogens (tertiary/aromatic N) is 2. The van der Waals surface area contributed by atoms with E-state index in [1.807, 2.05) is 55.7 Å². The van der Waals surface area contributed by atoms with Gasteiger partial charge in [0.2, 0.25) is 0 Å². The first-order valence-electron chi connectivity index (χ1n) is 14.4. The normalized spacial score (nSPS) is 12.0. The molecule has 6 rings (SSSR count). The van der Waals surface area contributed by atoms with Gasteiger partial charge in [0.15, 0.2) is 0 Å². The quantitative estimate of drug-likeness (QED) is 0.130. The molecule has 0 aliphatic rings. The number of hydrogen-bond acceptors (Lipinski definition) is 3. The topological polar surface area (TPSA) is 38.9 Å². The van der Waals surface area contributed by atoms with Gasteiger partial charge in [0, 0.05) is 46.0 Å². The Morgan fingerprint density at radius 3 is 2.29 bits per heavy atom. The molecule has 5 heteroatoms. The summed E-state index contributed by atoms with van der Waals surface area (Å²) < 4.78 is 6.38. The van der Waals surface area contributed by atoms with Crippen molar-refractivity contribution in [3.8, 4) is 22.5 Å². The van der Waals surface area contributed by atoms with E-state index in [1.165, 1.54) is 32.6 Å². The summed E-state index contributed by atoms with van der Waals surface area (Å²) in [6.45, 7) is 15.8. The van der Waals surface area contributed by atoms with Crippen molar-refractivity contribution in [2.45, 2.75) is 59.7 Å². The van der Waals surface area contributed by atoms with Crippen LogP contribution in [0.15, 0.2) is 89.6 Å². The van der Waals surface area contributed by atoms with E-state index in [0.717, 1.165) is 40.1 Å². The summed E-state index contributed by atoms with van der Waals surface area (Å²) in [5.41, 5.74) is 9.59. The van der Waals surface area contributed by atoms with Gasteiger partial charge in [-0.1, -0.05) is 80.8 Å². The van der Waals surface area contributed by atoms with E-state index < -0.39 is 8.07 Å². The van der Waals surface area contributed by atoms with E-state index in [9.17, 15) is 0 Å². The molecule has 42 heavy (non-hydrogen) atoms. The second kappa shape index (κ2) is 13.3. The Kier molecular flexibility index (Phi) is 9.99. The summed E-state index contributed by atoms with van der Waals surface area (Å²) >= 11 is 0. The molecule has 0 N–H and O–H groups in total. The fourth-order valence-electron chi connectivity index (χ4n) is 5.16. The van der Waals surface area contributed by atoms with E-state index in [1.54, 1.807) is 0 Å². The number of furan rings is 1. The maximum atomic E-state index is 6.38. The molecule has 0 amide bonds. The largest absolute Gasteiger partial charge is 0.501 e. The maximum Gasteiger partial charge on any atom is 0.120 e. The van der Waals surface area contributed by atoms with Crippen LogP contribution < -0.4 is 5.19 Å². The van der Waals surface area contributed by atoms with Crippen molar-refractivity contribution >= 4 is 35.2 Å². The molecule has 0 aliphatic carbocycles. The summed E-state index contributed by atoms with van der Waals surface area (Å²) in [4.78, 5) is 9.08. The summed E-state index contributed by atoms with van der Waals surface area (Å²) in [6, 6.07) is 31.4. The van der Waals surface area contributed by atoms with Crippen LogP contribution in [-0.2, 0) is 20.1 Å². The molecule has 1 unspecified atom stereocenters. The Morgan fingerprint density at radius 2 is 1.62 bits per heavy atom. The minimum absolute atomic E-state index is 0. The van der Waals surface area contributed by atoms with Gasteiger partial charge in [-0.3, -0.25) is 0 Å². The van der Waals surface area contributed by atoms with Crippen LogP contribution in [0.3, 0.4) is 0 Å². The van der Waals surface area contributed by atoms with Crippen molar-refractivity contribution in [1.82, 2.24) is 9.97 Å². The Bertz CT molecular complexity index is 1790. The van der Waals surface area contributed by atoms with Crippen LogP contribution in [0.4, 0.5) is 0 Å². The van der Waals surface area contributed by atoms with Gasteiger partial charge in [-0.05, 0) is 60.3 Å². The van der Waals surface area contributed by atoms with Gasteiger partial charge < -0.3 is 14.4 Å². The van der Waals surface area contributed by atoms with Crippen LogP contribution in [0.2, 0.25) is 19.6 Å². The predicted molar refractivity (Wildman–Crippen MR) is 175 cm³/mol. The van der Waals surface area contributed by atoms with Crippen molar-refractivity contribution in [2.24, 2.45) is 0 Å². The van der Waals surface area contributed by atoms with E-state index in [4.69, 9.17) is 9.40 Å². The van der Waals surface area contributed by atoms with E-state index in [-0.39, 0.29) is 20.1 Å². The van der Waals surface area contributed by atoms with Crippen LogP contribution in [0.5, 0.6) is 0 Å². The third-order valence-electron chi connectivity index (χ3n) is 7.70. The average Bonchev–Trinajstić information content (AvgIpc) is 3.37. The fraction of sp³-hybridized carbons (Fsp3) is 0.243. The molecule has 3 aromatic heterocycles. The third-order valence-corrected chi connectivity index (χ3v) is 9.71. The second-order valence-corrected chi connectivity index (χ2v) is 16.9. The summed E-state index contributed by atoms with van der Waals surface area (Å²) in [6.07, 6.45) is 4.98. The molecular formula is C37H38IrN2OSi-2. The number of rotatable bonds is 5. The zero-order valence-electron chi connectivity index (χ0n) is 25.5. The average molecular weight is 747 g/mol. The fourth-order valence-corrected chi connectivity index (χ4v) is 6.66. The monoisotopic (exact) mass is 747 g/mol. The van der Waals surface area contributed by atoms with E-state index in [0.29, 0.717) is 5.92 Å². The molecule has 0 saturated carbocycles. The zero-order chi connectivity index (χ0) is 29.1. The van der Waals surface area contributed by atoms with Gasteiger partial charge in [-0.15, -0.1) is 53.2 Å². The van der Waals surface area contributed by atoms with Gasteiger partial charge in [0.25, 0.3) is 0 Å². The summed E-state index contributed by atoms with van der Waals surface area (Å²) in [5, 5.41) is 3.83. The van der Waals surface area contributed by atoms with Crippen molar-refractivity contribution in [1.29, 1.82) is 0 Å².